The van der Waals surface area contributed by atoms with Gasteiger partial charge in [0.25, 0.3) is 0 Å². The number of pyridine rings is 2. The van der Waals surface area contributed by atoms with Gasteiger partial charge in [0.15, 0.2) is 0 Å². The zero-order valence-electron chi connectivity index (χ0n) is 21.2. The van der Waals surface area contributed by atoms with E-state index in [0.29, 0.717) is 22.3 Å². The molecule has 1 saturated carbocycles. The van der Waals surface area contributed by atoms with Gasteiger partial charge < -0.3 is 10.0 Å². The summed E-state index contributed by atoms with van der Waals surface area (Å²) in [6.07, 6.45) is 7.19. The first-order valence-electron chi connectivity index (χ1n) is 12.7. The summed E-state index contributed by atoms with van der Waals surface area (Å²) in [7, 11) is 0. The van der Waals surface area contributed by atoms with E-state index in [2.05, 4.69) is 25.2 Å². The molecule has 9 nitrogen and oxygen atoms in total. The summed E-state index contributed by atoms with van der Waals surface area (Å²) in [5.74, 6) is -0.966. The largest absolute Gasteiger partial charge is 0.478 e. The van der Waals surface area contributed by atoms with E-state index in [4.69, 9.17) is 11.6 Å². The number of carbonyl (C=O) groups is 2. The van der Waals surface area contributed by atoms with Crippen molar-refractivity contribution in [2.75, 3.05) is 11.4 Å². The molecule has 40 heavy (non-hydrogen) atoms. The van der Waals surface area contributed by atoms with E-state index in [1.54, 1.807) is 42.7 Å². The number of carboxylic acid groups (broad SMARTS) is 1. The smallest absolute Gasteiger partial charge is 0.337 e. The van der Waals surface area contributed by atoms with Crippen LogP contribution in [0.2, 0.25) is 5.02 Å². The van der Waals surface area contributed by atoms with E-state index in [-0.39, 0.29) is 28.3 Å². The van der Waals surface area contributed by atoms with Gasteiger partial charge >= 0.3 is 5.97 Å². The van der Waals surface area contributed by atoms with Gasteiger partial charge in [-0.05, 0) is 85.5 Å². The van der Waals surface area contributed by atoms with Crippen molar-refractivity contribution < 1.29 is 14.7 Å². The fraction of sp³-hybridized carbons (Fsp3) is 0.133. The van der Waals surface area contributed by atoms with Crippen molar-refractivity contribution in [3.63, 3.8) is 0 Å². The average molecular weight is 551 g/mol. The summed E-state index contributed by atoms with van der Waals surface area (Å²) in [5, 5.41) is 18.7. The molecule has 0 unspecified atom stereocenters. The molecule has 0 aliphatic heterocycles. The summed E-state index contributed by atoms with van der Waals surface area (Å²) in [6.45, 7) is 0.850. The molecule has 0 amide bonds. The van der Waals surface area contributed by atoms with Crippen LogP contribution in [0.1, 0.15) is 39.3 Å². The van der Waals surface area contributed by atoms with Gasteiger partial charge in [0, 0.05) is 29.0 Å². The maximum Gasteiger partial charge on any atom is 0.337 e. The molecule has 1 fully saturated rings. The highest BCUT2D eigenvalue weighted by Gasteiger charge is 2.26. The third-order valence-corrected chi connectivity index (χ3v) is 7.01. The van der Waals surface area contributed by atoms with Gasteiger partial charge in [-0.15, -0.1) is 5.10 Å². The lowest BCUT2D eigenvalue weighted by Gasteiger charge is -2.25. The van der Waals surface area contributed by atoms with E-state index in [1.807, 2.05) is 36.4 Å². The first-order chi connectivity index (χ1) is 19.5. The van der Waals surface area contributed by atoms with Gasteiger partial charge in [0.2, 0.25) is 5.78 Å². The highest BCUT2D eigenvalue weighted by Crippen LogP contribution is 2.35. The number of anilines is 2. The Morgan fingerprint density at radius 1 is 0.950 bits per heavy atom. The van der Waals surface area contributed by atoms with Gasteiger partial charge in [0.1, 0.15) is 11.4 Å². The number of nitrogens with zero attached hydrogens (tertiary/aromatic N) is 6. The van der Waals surface area contributed by atoms with E-state index in [1.165, 1.54) is 29.8 Å². The molecular formula is C30H23ClN6O3. The van der Waals surface area contributed by atoms with E-state index >= 15 is 0 Å². The molecule has 3 aromatic heterocycles. The minimum Gasteiger partial charge on any atom is -0.478 e. The van der Waals surface area contributed by atoms with Crippen LogP contribution < -0.4 is 4.90 Å². The Morgan fingerprint density at radius 3 is 2.42 bits per heavy atom. The second-order valence-corrected chi connectivity index (χ2v) is 9.98. The Labute approximate surface area is 234 Å². The van der Waals surface area contributed by atoms with Crippen LogP contribution in [0.25, 0.3) is 17.1 Å². The van der Waals surface area contributed by atoms with Crippen molar-refractivity contribution in [1.82, 2.24) is 25.0 Å². The van der Waals surface area contributed by atoms with Crippen LogP contribution in [-0.4, -0.2) is 48.4 Å². The maximum absolute atomic E-state index is 13.4. The van der Waals surface area contributed by atoms with Crippen LogP contribution in [0.3, 0.4) is 0 Å². The van der Waals surface area contributed by atoms with Gasteiger partial charge in [-0.25, -0.2) is 9.48 Å². The van der Waals surface area contributed by atoms with Gasteiger partial charge in [0.05, 0.1) is 35.0 Å². The predicted octanol–water partition coefficient (Wildman–Crippen LogP) is 5.86. The van der Waals surface area contributed by atoms with Crippen LogP contribution in [-0.2, 0) is 0 Å². The Bertz CT molecular complexity index is 1680. The highest BCUT2D eigenvalue weighted by molar-refractivity contribution is 6.30. The SMILES string of the molecule is O=C(c1ccc(-n2nncc2-c2ccccn2)c(C(=O)O)c1)c1ccc(N(CC2CC2)c2ccc(Cl)cc2)cn1. The lowest BCUT2D eigenvalue weighted by molar-refractivity contribution is 0.0696. The molecule has 2 aromatic carbocycles. The number of aromatic nitrogens is 5. The van der Waals surface area contributed by atoms with Crippen LogP contribution in [0, 0.1) is 5.92 Å². The van der Waals surface area contributed by atoms with Crippen LogP contribution in [0.4, 0.5) is 11.4 Å². The van der Waals surface area contributed by atoms with E-state index in [9.17, 15) is 14.7 Å². The standard InChI is InChI=1S/C30H23ClN6O3/c31-21-7-9-22(10-8-21)36(18-19-4-5-19)23-11-12-26(33-16-23)29(38)20-6-13-27(24(15-20)30(39)40)37-28(17-34-35-37)25-3-1-2-14-32-25/h1-3,6-17,19H,4-5,18H2,(H,39,40). The van der Waals surface area contributed by atoms with Crippen LogP contribution in [0.15, 0.2) is 91.4 Å². The zero-order valence-corrected chi connectivity index (χ0v) is 21.9. The van der Waals surface area contributed by atoms with E-state index < -0.39 is 5.97 Å². The van der Waals surface area contributed by atoms with E-state index in [0.717, 1.165) is 17.9 Å². The topological polar surface area (TPSA) is 114 Å². The number of ketones is 1. The highest BCUT2D eigenvalue weighted by atomic mass is 35.5. The molecule has 3 heterocycles. The Morgan fingerprint density at radius 2 is 1.75 bits per heavy atom. The maximum atomic E-state index is 13.4. The number of halogens is 1. The summed E-state index contributed by atoms with van der Waals surface area (Å²) in [4.78, 5) is 36.5. The van der Waals surface area contributed by atoms with Gasteiger partial charge in [-0.2, -0.15) is 0 Å². The van der Waals surface area contributed by atoms with Crippen molar-refractivity contribution >= 4 is 34.7 Å². The molecule has 10 heteroatoms. The lowest BCUT2D eigenvalue weighted by Crippen LogP contribution is -2.20. The molecule has 6 rings (SSSR count). The van der Waals surface area contributed by atoms with Crippen molar-refractivity contribution in [3.8, 4) is 17.1 Å². The van der Waals surface area contributed by atoms with Gasteiger partial charge in [-0.3, -0.25) is 14.8 Å². The molecule has 1 aliphatic rings. The van der Waals surface area contributed by atoms with Crippen molar-refractivity contribution in [1.29, 1.82) is 0 Å². The number of benzene rings is 2. The van der Waals surface area contributed by atoms with Crippen LogP contribution >= 0.6 is 11.6 Å². The monoisotopic (exact) mass is 550 g/mol. The second-order valence-electron chi connectivity index (χ2n) is 9.54. The van der Waals surface area contributed by atoms with Crippen molar-refractivity contribution in [3.05, 3.63) is 113 Å². The number of hydrogen-bond acceptors (Lipinski definition) is 7. The van der Waals surface area contributed by atoms with Crippen molar-refractivity contribution in [2.45, 2.75) is 12.8 Å². The molecule has 1 aliphatic carbocycles. The van der Waals surface area contributed by atoms with Crippen molar-refractivity contribution in [2.24, 2.45) is 5.92 Å². The molecule has 0 spiro atoms. The molecule has 1 N–H and O–H groups in total. The molecule has 0 bridgehead atoms. The molecule has 198 valence electrons. The molecule has 5 aromatic rings. The quantitative estimate of drug-likeness (QED) is 0.227. The molecule has 0 radical (unpaired) electrons. The lowest BCUT2D eigenvalue weighted by atomic mass is 10.0. The summed E-state index contributed by atoms with van der Waals surface area (Å²) in [6, 6.07) is 21.0. The Balaban J connectivity index is 1.29. The van der Waals surface area contributed by atoms with Crippen LogP contribution in [0.5, 0.6) is 0 Å². The fourth-order valence-corrected chi connectivity index (χ4v) is 4.63. The summed E-state index contributed by atoms with van der Waals surface area (Å²) in [5.41, 5.74) is 3.56. The number of carboxylic acids is 1. The number of hydrogen-bond donors (Lipinski definition) is 1. The average Bonchev–Trinajstić information content (AvgIpc) is 3.68. The number of rotatable bonds is 9. The first-order valence-corrected chi connectivity index (χ1v) is 13.1. The minimum absolute atomic E-state index is 0.0940. The summed E-state index contributed by atoms with van der Waals surface area (Å²) >= 11 is 6.08. The normalized spacial score (nSPS) is 12.7. The number of aromatic carboxylic acids is 1. The predicted molar refractivity (Wildman–Crippen MR) is 150 cm³/mol. The summed E-state index contributed by atoms with van der Waals surface area (Å²) < 4.78 is 1.40. The zero-order chi connectivity index (χ0) is 27.6. The molecule has 0 atom stereocenters. The Kier molecular flexibility index (Phi) is 6.79. The third-order valence-electron chi connectivity index (χ3n) is 6.76. The van der Waals surface area contributed by atoms with Gasteiger partial charge in [-0.1, -0.05) is 22.9 Å². The third kappa shape index (κ3) is 5.19. The molecular weight excluding hydrogens is 528 g/mol. The number of carbonyl (C=O) groups excluding carboxylic acids is 1. The molecule has 0 saturated heterocycles. The minimum atomic E-state index is -1.20. The first kappa shape index (κ1) is 25.4. The second kappa shape index (κ2) is 10.7. The fourth-order valence-electron chi connectivity index (χ4n) is 4.50. The Hall–Kier alpha value is -4.89.